The van der Waals surface area contributed by atoms with Crippen LogP contribution in [-0.4, -0.2) is 78.9 Å². The van der Waals surface area contributed by atoms with E-state index in [4.69, 9.17) is 15.0 Å². The standard InChI is InChI=1S/C28H34N8O2/c37-16-15-34-11-13-35(14-12-34)28-32-26(25-27(33-28)36(19-31-25)21-5-1-2-6-21)30-18-20-9-10-23(29-17-20)22-7-3-4-8-24(22)38/h3-4,7-10,17,19,21,37-38H,1-2,5-6,11-16,18H2,(H,30,32,33). The minimum atomic E-state index is 0.180. The van der Waals surface area contributed by atoms with Gasteiger partial charge in [-0.1, -0.05) is 31.0 Å². The van der Waals surface area contributed by atoms with Gasteiger partial charge in [-0.15, -0.1) is 0 Å². The summed E-state index contributed by atoms with van der Waals surface area (Å²) in [5.41, 5.74) is 4.12. The minimum absolute atomic E-state index is 0.180. The molecule has 10 nitrogen and oxygen atoms in total. The SMILES string of the molecule is OCCN1CCN(c2nc(NCc3ccc(-c4ccccc4O)nc3)c3ncn(C4CCCC4)c3n2)CC1. The molecule has 1 saturated carbocycles. The van der Waals surface area contributed by atoms with Crippen molar-refractivity contribution in [2.24, 2.45) is 0 Å². The van der Waals surface area contributed by atoms with Crippen molar-refractivity contribution in [3.05, 3.63) is 54.5 Å². The van der Waals surface area contributed by atoms with Gasteiger partial charge in [0.25, 0.3) is 0 Å². The topological polar surface area (TPSA) is 115 Å². The highest BCUT2D eigenvalue weighted by Crippen LogP contribution is 2.34. The van der Waals surface area contributed by atoms with Gasteiger partial charge in [0.05, 0.1) is 18.6 Å². The van der Waals surface area contributed by atoms with Crippen molar-refractivity contribution in [1.29, 1.82) is 0 Å². The van der Waals surface area contributed by atoms with Gasteiger partial charge in [-0.25, -0.2) is 4.98 Å². The molecular formula is C28H34N8O2. The van der Waals surface area contributed by atoms with E-state index >= 15 is 0 Å². The van der Waals surface area contributed by atoms with Gasteiger partial charge in [0.15, 0.2) is 17.0 Å². The zero-order chi connectivity index (χ0) is 25.9. The molecule has 38 heavy (non-hydrogen) atoms. The second-order valence-electron chi connectivity index (χ2n) is 10.1. The Morgan fingerprint density at radius 3 is 2.50 bits per heavy atom. The lowest BCUT2D eigenvalue weighted by atomic mass is 10.1. The first-order valence-corrected chi connectivity index (χ1v) is 13.5. The van der Waals surface area contributed by atoms with Crippen LogP contribution in [0.15, 0.2) is 48.9 Å². The van der Waals surface area contributed by atoms with Crippen LogP contribution in [0.4, 0.5) is 11.8 Å². The molecule has 0 atom stereocenters. The van der Waals surface area contributed by atoms with Gasteiger partial charge >= 0.3 is 0 Å². The average Bonchev–Trinajstić information content (AvgIpc) is 3.63. The number of nitrogens with one attached hydrogen (secondary N) is 1. The molecule has 1 aliphatic heterocycles. The van der Waals surface area contributed by atoms with Crippen molar-refractivity contribution in [3.63, 3.8) is 0 Å². The van der Waals surface area contributed by atoms with Crippen LogP contribution in [0.3, 0.4) is 0 Å². The number of fused-ring (bicyclic) bond motifs is 1. The summed E-state index contributed by atoms with van der Waals surface area (Å²) in [5.74, 6) is 1.66. The number of rotatable bonds is 8. The fourth-order valence-corrected chi connectivity index (χ4v) is 5.50. The molecule has 1 saturated heterocycles. The molecule has 0 unspecified atom stereocenters. The fourth-order valence-electron chi connectivity index (χ4n) is 5.50. The molecule has 2 aliphatic rings. The van der Waals surface area contributed by atoms with Crippen LogP contribution in [0.5, 0.6) is 5.75 Å². The second kappa shape index (κ2) is 10.9. The average molecular weight is 515 g/mol. The first-order chi connectivity index (χ1) is 18.7. The zero-order valence-corrected chi connectivity index (χ0v) is 21.5. The molecule has 4 heterocycles. The number of para-hydroxylation sites is 1. The van der Waals surface area contributed by atoms with Crippen molar-refractivity contribution in [2.45, 2.75) is 38.3 Å². The molecule has 3 N–H and O–H groups in total. The van der Waals surface area contributed by atoms with Crippen LogP contribution in [-0.2, 0) is 6.54 Å². The largest absolute Gasteiger partial charge is 0.507 e. The predicted octanol–water partition coefficient (Wildman–Crippen LogP) is 3.44. The number of nitrogens with zero attached hydrogens (tertiary/aromatic N) is 7. The summed E-state index contributed by atoms with van der Waals surface area (Å²) >= 11 is 0. The van der Waals surface area contributed by atoms with Crippen LogP contribution in [0.25, 0.3) is 22.4 Å². The Balaban J connectivity index is 1.26. The third-order valence-corrected chi connectivity index (χ3v) is 7.66. The third-order valence-electron chi connectivity index (χ3n) is 7.66. The highest BCUT2D eigenvalue weighted by atomic mass is 16.3. The number of pyridine rings is 1. The van der Waals surface area contributed by atoms with Crippen LogP contribution in [0.2, 0.25) is 0 Å². The lowest BCUT2D eigenvalue weighted by molar-refractivity contribution is 0.188. The molecule has 1 aliphatic carbocycles. The van der Waals surface area contributed by atoms with Crippen LogP contribution >= 0.6 is 0 Å². The van der Waals surface area contributed by atoms with Crippen molar-refractivity contribution in [2.75, 3.05) is 49.5 Å². The maximum Gasteiger partial charge on any atom is 0.229 e. The summed E-state index contributed by atoms with van der Waals surface area (Å²) in [6.45, 7) is 4.81. The Bertz CT molecular complexity index is 1380. The molecule has 1 aromatic carbocycles. The van der Waals surface area contributed by atoms with Crippen molar-refractivity contribution in [1.82, 2.24) is 29.4 Å². The molecular weight excluding hydrogens is 480 g/mol. The van der Waals surface area contributed by atoms with Gasteiger partial charge in [0.1, 0.15) is 5.75 Å². The Labute approximate surface area is 222 Å². The molecule has 0 amide bonds. The first-order valence-electron chi connectivity index (χ1n) is 13.5. The van der Waals surface area contributed by atoms with E-state index in [9.17, 15) is 10.2 Å². The maximum atomic E-state index is 10.1. The summed E-state index contributed by atoms with van der Waals surface area (Å²) in [6.07, 6.45) is 8.54. The summed E-state index contributed by atoms with van der Waals surface area (Å²) in [6, 6.07) is 11.6. The van der Waals surface area contributed by atoms with Gasteiger partial charge in [0, 0.05) is 57.1 Å². The zero-order valence-electron chi connectivity index (χ0n) is 21.5. The molecule has 2 fully saturated rings. The second-order valence-corrected chi connectivity index (χ2v) is 10.1. The van der Waals surface area contributed by atoms with Gasteiger partial charge in [0.2, 0.25) is 5.95 Å². The molecule has 198 valence electrons. The number of hydrogen-bond acceptors (Lipinski definition) is 9. The van der Waals surface area contributed by atoms with E-state index in [2.05, 4.69) is 24.7 Å². The number of hydrogen-bond donors (Lipinski definition) is 3. The number of anilines is 2. The smallest absolute Gasteiger partial charge is 0.229 e. The number of phenols is 1. The van der Waals surface area contributed by atoms with E-state index in [0.29, 0.717) is 24.7 Å². The van der Waals surface area contributed by atoms with E-state index in [1.807, 2.05) is 36.8 Å². The Morgan fingerprint density at radius 2 is 1.76 bits per heavy atom. The molecule has 0 bridgehead atoms. The highest BCUT2D eigenvalue weighted by molar-refractivity contribution is 5.84. The number of β-amino-alcohol motifs (C(OH)–C–C–N with tert-alkyl or cyclic N) is 1. The van der Waals surface area contributed by atoms with Gasteiger partial charge in [-0.3, -0.25) is 9.88 Å². The van der Waals surface area contributed by atoms with Crippen LogP contribution in [0.1, 0.15) is 37.3 Å². The first kappa shape index (κ1) is 24.6. The highest BCUT2D eigenvalue weighted by Gasteiger charge is 2.25. The Kier molecular flexibility index (Phi) is 7.06. The van der Waals surface area contributed by atoms with Gasteiger partial charge in [-0.05, 0) is 36.6 Å². The predicted molar refractivity (Wildman–Crippen MR) is 147 cm³/mol. The molecule has 0 spiro atoms. The fraction of sp³-hybridized carbons (Fsp3) is 0.429. The normalized spacial score (nSPS) is 16.9. The molecule has 0 radical (unpaired) electrons. The quantitative estimate of drug-likeness (QED) is 0.325. The summed E-state index contributed by atoms with van der Waals surface area (Å²) in [4.78, 5) is 23.8. The van der Waals surface area contributed by atoms with Crippen molar-refractivity contribution in [3.8, 4) is 17.0 Å². The molecule has 4 aromatic rings. The lowest BCUT2D eigenvalue weighted by Crippen LogP contribution is -2.47. The summed E-state index contributed by atoms with van der Waals surface area (Å²) in [5, 5.41) is 22.9. The maximum absolute atomic E-state index is 10.1. The van der Waals surface area contributed by atoms with Gasteiger partial charge < -0.3 is 25.0 Å². The number of aromatic hydroxyl groups is 1. The Hall–Kier alpha value is -3.76. The van der Waals surface area contributed by atoms with Crippen molar-refractivity contribution < 1.29 is 10.2 Å². The number of piperazine rings is 1. The van der Waals surface area contributed by atoms with E-state index in [0.717, 1.165) is 73.2 Å². The Morgan fingerprint density at radius 1 is 0.947 bits per heavy atom. The molecule has 3 aromatic heterocycles. The van der Waals surface area contributed by atoms with E-state index in [1.54, 1.807) is 12.1 Å². The number of benzene rings is 1. The number of imidazole rings is 1. The molecule has 6 rings (SSSR count). The lowest BCUT2D eigenvalue weighted by Gasteiger charge is -2.34. The van der Waals surface area contributed by atoms with Crippen LogP contribution < -0.4 is 10.2 Å². The van der Waals surface area contributed by atoms with Crippen LogP contribution in [0, 0.1) is 0 Å². The number of phenolic OH excluding ortho intramolecular Hbond substituents is 1. The van der Waals surface area contributed by atoms with Gasteiger partial charge in [-0.2, -0.15) is 9.97 Å². The summed E-state index contributed by atoms with van der Waals surface area (Å²) in [7, 11) is 0. The van der Waals surface area contributed by atoms with Crippen molar-refractivity contribution >= 4 is 22.9 Å². The number of aromatic nitrogens is 5. The minimum Gasteiger partial charge on any atom is -0.507 e. The van der Waals surface area contributed by atoms with E-state index in [-0.39, 0.29) is 12.4 Å². The third kappa shape index (κ3) is 5.01. The van der Waals surface area contributed by atoms with E-state index < -0.39 is 0 Å². The molecule has 10 heteroatoms. The summed E-state index contributed by atoms with van der Waals surface area (Å²) < 4.78 is 2.24. The monoisotopic (exact) mass is 514 g/mol. The number of aliphatic hydroxyl groups is 1. The van der Waals surface area contributed by atoms with E-state index in [1.165, 1.54) is 12.8 Å². The number of aliphatic hydroxyl groups excluding tert-OH is 1.